The summed E-state index contributed by atoms with van der Waals surface area (Å²) in [5.41, 5.74) is 1.88. The molecular formula is C13H15N3OS. The molecule has 0 amide bonds. The first-order valence-electron chi connectivity index (χ1n) is 5.71. The lowest BCUT2D eigenvalue weighted by Gasteiger charge is -2.13. The normalized spacial score (nSPS) is 10.4. The minimum atomic E-state index is 0.308. The Morgan fingerprint density at radius 1 is 1.39 bits per heavy atom. The molecule has 0 aliphatic heterocycles. The SMILES string of the molecule is CC(C)NC(=S)Nc1cccc(-c2cnco2)c1. The van der Waals surface area contributed by atoms with Gasteiger partial charge in [0.2, 0.25) is 0 Å². The van der Waals surface area contributed by atoms with Gasteiger partial charge in [0.1, 0.15) is 0 Å². The fraction of sp³-hybridized carbons (Fsp3) is 0.231. The summed E-state index contributed by atoms with van der Waals surface area (Å²) in [6, 6.07) is 8.13. The molecule has 0 atom stereocenters. The van der Waals surface area contributed by atoms with Gasteiger partial charge in [0.05, 0.1) is 6.20 Å². The Morgan fingerprint density at radius 3 is 2.89 bits per heavy atom. The number of thiocarbonyl (C=S) groups is 1. The van der Waals surface area contributed by atoms with Gasteiger partial charge in [-0.15, -0.1) is 0 Å². The lowest BCUT2D eigenvalue weighted by Crippen LogP contribution is -2.33. The van der Waals surface area contributed by atoms with Crippen molar-refractivity contribution in [3.63, 3.8) is 0 Å². The average Bonchev–Trinajstić information content (AvgIpc) is 2.81. The number of hydrogen-bond acceptors (Lipinski definition) is 3. The third-order valence-electron chi connectivity index (χ3n) is 2.26. The van der Waals surface area contributed by atoms with Crippen molar-refractivity contribution >= 4 is 23.0 Å². The van der Waals surface area contributed by atoms with Crippen molar-refractivity contribution in [1.29, 1.82) is 0 Å². The van der Waals surface area contributed by atoms with Crippen LogP contribution in [0.15, 0.2) is 41.3 Å². The van der Waals surface area contributed by atoms with Crippen molar-refractivity contribution in [3.8, 4) is 11.3 Å². The highest BCUT2D eigenvalue weighted by atomic mass is 32.1. The summed E-state index contributed by atoms with van der Waals surface area (Å²) < 4.78 is 5.26. The summed E-state index contributed by atoms with van der Waals surface area (Å²) in [4.78, 5) is 3.90. The van der Waals surface area contributed by atoms with Crippen molar-refractivity contribution in [2.75, 3.05) is 5.32 Å². The topological polar surface area (TPSA) is 50.1 Å². The van der Waals surface area contributed by atoms with Gasteiger partial charge in [-0.25, -0.2) is 4.98 Å². The fourth-order valence-corrected chi connectivity index (χ4v) is 1.89. The molecule has 1 aromatic heterocycles. The van der Waals surface area contributed by atoms with E-state index >= 15 is 0 Å². The summed E-state index contributed by atoms with van der Waals surface area (Å²) in [5, 5.41) is 6.87. The summed E-state index contributed by atoms with van der Waals surface area (Å²) >= 11 is 5.20. The van der Waals surface area contributed by atoms with Gasteiger partial charge in [-0.05, 0) is 38.2 Å². The molecule has 0 unspecified atom stereocenters. The van der Waals surface area contributed by atoms with Gasteiger partial charge in [0.25, 0.3) is 0 Å². The minimum absolute atomic E-state index is 0.308. The van der Waals surface area contributed by atoms with Crippen LogP contribution >= 0.6 is 12.2 Å². The van der Waals surface area contributed by atoms with Crippen molar-refractivity contribution < 1.29 is 4.42 Å². The van der Waals surface area contributed by atoms with Crippen LogP contribution < -0.4 is 10.6 Å². The molecule has 0 bridgehead atoms. The number of nitrogens with one attached hydrogen (secondary N) is 2. The Balaban J connectivity index is 2.11. The molecule has 0 saturated carbocycles. The van der Waals surface area contributed by atoms with E-state index in [1.54, 1.807) is 6.20 Å². The monoisotopic (exact) mass is 261 g/mol. The van der Waals surface area contributed by atoms with Crippen LogP contribution in [0.3, 0.4) is 0 Å². The zero-order chi connectivity index (χ0) is 13.0. The van der Waals surface area contributed by atoms with E-state index < -0.39 is 0 Å². The highest BCUT2D eigenvalue weighted by molar-refractivity contribution is 7.80. The van der Waals surface area contributed by atoms with Gasteiger partial charge in [-0.3, -0.25) is 0 Å². The van der Waals surface area contributed by atoms with E-state index in [1.807, 2.05) is 38.1 Å². The standard InChI is InChI=1S/C13H15N3OS/c1-9(2)15-13(18)16-11-5-3-4-10(6-11)12-7-14-8-17-12/h3-9H,1-2H3,(H2,15,16,18). The van der Waals surface area contributed by atoms with E-state index in [-0.39, 0.29) is 0 Å². The van der Waals surface area contributed by atoms with Crippen LogP contribution in [0, 0.1) is 0 Å². The van der Waals surface area contributed by atoms with Crippen molar-refractivity contribution in [1.82, 2.24) is 10.3 Å². The van der Waals surface area contributed by atoms with Crippen molar-refractivity contribution in [2.24, 2.45) is 0 Å². The first-order chi connectivity index (χ1) is 8.65. The Bertz CT molecular complexity index is 523. The molecule has 4 nitrogen and oxygen atoms in total. The van der Waals surface area contributed by atoms with Crippen molar-refractivity contribution in [3.05, 3.63) is 36.9 Å². The van der Waals surface area contributed by atoms with Crippen LogP contribution in [0.2, 0.25) is 0 Å². The fourth-order valence-electron chi connectivity index (χ4n) is 1.54. The van der Waals surface area contributed by atoms with Crippen LogP contribution in [-0.2, 0) is 0 Å². The third-order valence-corrected chi connectivity index (χ3v) is 2.48. The molecule has 0 aliphatic carbocycles. The smallest absolute Gasteiger partial charge is 0.181 e. The Labute approximate surface area is 111 Å². The second-order valence-corrected chi connectivity index (χ2v) is 4.61. The molecule has 1 heterocycles. The molecule has 0 fully saturated rings. The van der Waals surface area contributed by atoms with Gasteiger partial charge >= 0.3 is 0 Å². The van der Waals surface area contributed by atoms with Crippen LogP contribution in [0.4, 0.5) is 5.69 Å². The first-order valence-corrected chi connectivity index (χ1v) is 6.12. The second-order valence-electron chi connectivity index (χ2n) is 4.20. The summed E-state index contributed by atoms with van der Waals surface area (Å²) in [5.74, 6) is 0.737. The third kappa shape index (κ3) is 3.30. The largest absolute Gasteiger partial charge is 0.444 e. The molecule has 18 heavy (non-hydrogen) atoms. The highest BCUT2D eigenvalue weighted by Gasteiger charge is 2.04. The Morgan fingerprint density at radius 2 is 2.22 bits per heavy atom. The number of benzene rings is 1. The van der Waals surface area contributed by atoms with Gasteiger partial charge in [-0.2, -0.15) is 0 Å². The van der Waals surface area contributed by atoms with Crippen LogP contribution in [0.1, 0.15) is 13.8 Å². The maximum atomic E-state index is 5.26. The van der Waals surface area contributed by atoms with Crippen LogP contribution in [-0.4, -0.2) is 16.1 Å². The number of nitrogens with zero attached hydrogens (tertiary/aromatic N) is 1. The Kier molecular flexibility index (Phi) is 3.94. The van der Waals surface area contributed by atoms with E-state index in [2.05, 4.69) is 15.6 Å². The van der Waals surface area contributed by atoms with Crippen LogP contribution in [0.5, 0.6) is 0 Å². The van der Waals surface area contributed by atoms with Gasteiger partial charge < -0.3 is 15.1 Å². The predicted octanol–water partition coefficient (Wildman–Crippen LogP) is 3.04. The van der Waals surface area contributed by atoms with Gasteiger partial charge in [0.15, 0.2) is 17.3 Å². The van der Waals surface area contributed by atoms with Gasteiger partial charge in [0, 0.05) is 17.3 Å². The maximum Gasteiger partial charge on any atom is 0.181 e. The lowest BCUT2D eigenvalue weighted by molar-refractivity contribution is 0.572. The summed E-state index contributed by atoms with van der Waals surface area (Å²) in [7, 11) is 0. The summed E-state index contributed by atoms with van der Waals surface area (Å²) in [6.07, 6.45) is 3.10. The van der Waals surface area contributed by atoms with E-state index in [4.69, 9.17) is 16.6 Å². The van der Waals surface area contributed by atoms with Crippen LogP contribution in [0.25, 0.3) is 11.3 Å². The second kappa shape index (κ2) is 5.64. The number of aromatic nitrogens is 1. The minimum Gasteiger partial charge on any atom is -0.444 e. The van der Waals surface area contributed by atoms with E-state index in [0.717, 1.165) is 17.0 Å². The maximum absolute atomic E-state index is 5.26. The van der Waals surface area contributed by atoms with Crippen molar-refractivity contribution in [2.45, 2.75) is 19.9 Å². The first kappa shape index (κ1) is 12.6. The molecular weight excluding hydrogens is 246 g/mol. The predicted molar refractivity (Wildman–Crippen MR) is 76.4 cm³/mol. The molecule has 0 spiro atoms. The highest BCUT2D eigenvalue weighted by Crippen LogP contribution is 2.21. The average molecular weight is 261 g/mol. The molecule has 0 radical (unpaired) electrons. The number of rotatable bonds is 3. The molecule has 94 valence electrons. The Hall–Kier alpha value is -1.88. The van der Waals surface area contributed by atoms with E-state index in [9.17, 15) is 0 Å². The molecule has 1 aromatic carbocycles. The zero-order valence-corrected chi connectivity index (χ0v) is 11.1. The molecule has 2 rings (SSSR count). The molecule has 2 aromatic rings. The lowest BCUT2D eigenvalue weighted by atomic mass is 10.1. The van der Waals surface area contributed by atoms with E-state index in [1.165, 1.54) is 6.39 Å². The number of hydrogen-bond donors (Lipinski definition) is 2. The molecule has 0 saturated heterocycles. The number of anilines is 1. The molecule has 0 aliphatic rings. The quantitative estimate of drug-likeness (QED) is 0.832. The molecule has 2 N–H and O–H groups in total. The van der Waals surface area contributed by atoms with E-state index in [0.29, 0.717) is 11.2 Å². The zero-order valence-electron chi connectivity index (χ0n) is 10.3. The molecule has 5 heteroatoms. The number of oxazole rings is 1. The summed E-state index contributed by atoms with van der Waals surface area (Å²) in [6.45, 7) is 4.08. The van der Waals surface area contributed by atoms with Gasteiger partial charge in [-0.1, -0.05) is 12.1 Å².